The Balaban J connectivity index is 0.00000169. The Hall–Kier alpha value is -1.19. The van der Waals surface area contributed by atoms with Crippen LogP contribution in [0.5, 0.6) is 5.75 Å². The minimum Gasteiger partial charge on any atom is -0.493 e. The van der Waals surface area contributed by atoms with Crippen LogP contribution >= 0.6 is 17.0 Å². The van der Waals surface area contributed by atoms with Crippen LogP contribution < -0.4 is 4.74 Å². The van der Waals surface area contributed by atoms with Crippen molar-refractivity contribution in [2.24, 2.45) is 4.99 Å². The minimum atomic E-state index is -0.457. The first kappa shape index (κ1) is 12.8. The fourth-order valence-electron chi connectivity index (χ4n) is 1.02. The molecule has 0 unspecified atom stereocenters. The maximum absolute atomic E-state index is 13.0. The molecule has 1 rings (SSSR count). The molecule has 0 spiro atoms. The number of aliphatic imine (C=N–C) groups is 1. The standard InChI is InChI=1S/C9H8FNO2.BrH/c1-13-9-7(5-11-6-12)3-2-4-8(9)10;/h2-4H,5H2,1H3;1H. The molecule has 14 heavy (non-hydrogen) atoms. The molecule has 0 saturated heterocycles. The molecule has 0 fully saturated rings. The molecule has 0 radical (unpaired) electrons. The topological polar surface area (TPSA) is 38.7 Å². The van der Waals surface area contributed by atoms with Crippen LogP contribution in [0, 0.1) is 5.82 Å². The van der Waals surface area contributed by atoms with Gasteiger partial charge in [0.15, 0.2) is 11.6 Å². The molecular weight excluding hydrogens is 253 g/mol. The maximum Gasteiger partial charge on any atom is 0.235 e. The van der Waals surface area contributed by atoms with E-state index in [1.807, 2.05) is 0 Å². The van der Waals surface area contributed by atoms with Gasteiger partial charge in [0.2, 0.25) is 6.08 Å². The summed E-state index contributed by atoms with van der Waals surface area (Å²) < 4.78 is 17.8. The molecule has 0 aromatic heterocycles. The lowest BCUT2D eigenvalue weighted by Crippen LogP contribution is -1.93. The lowest BCUT2D eigenvalue weighted by atomic mass is 10.2. The highest BCUT2D eigenvalue weighted by Gasteiger charge is 2.06. The molecule has 5 heteroatoms. The molecule has 0 N–H and O–H groups in total. The number of hydrogen-bond acceptors (Lipinski definition) is 3. The lowest BCUT2D eigenvalue weighted by molar-refractivity contribution is 0.381. The van der Waals surface area contributed by atoms with E-state index in [2.05, 4.69) is 4.99 Å². The van der Waals surface area contributed by atoms with Gasteiger partial charge in [-0.3, -0.25) is 0 Å². The Morgan fingerprint density at radius 1 is 1.57 bits per heavy atom. The number of benzene rings is 1. The van der Waals surface area contributed by atoms with E-state index in [1.165, 1.54) is 25.3 Å². The van der Waals surface area contributed by atoms with Crippen molar-refractivity contribution in [3.05, 3.63) is 29.6 Å². The van der Waals surface area contributed by atoms with Crippen LogP contribution in [0.1, 0.15) is 5.56 Å². The summed E-state index contributed by atoms with van der Waals surface area (Å²) in [5, 5.41) is 0. The van der Waals surface area contributed by atoms with Gasteiger partial charge in [-0.2, -0.15) is 0 Å². The second-order valence-corrected chi connectivity index (χ2v) is 2.34. The van der Waals surface area contributed by atoms with E-state index in [1.54, 1.807) is 6.07 Å². The Labute approximate surface area is 91.4 Å². The first-order valence-electron chi connectivity index (χ1n) is 3.64. The van der Waals surface area contributed by atoms with E-state index in [0.29, 0.717) is 5.56 Å². The van der Waals surface area contributed by atoms with Gasteiger partial charge in [0.05, 0.1) is 13.7 Å². The highest BCUT2D eigenvalue weighted by molar-refractivity contribution is 8.93. The molecule has 0 bridgehead atoms. The second-order valence-electron chi connectivity index (χ2n) is 2.34. The molecule has 0 atom stereocenters. The van der Waals surface area contributed by atoms with E-state index >= 15 is 0 Å². The van der Waals surface area contributed by atoms with Crippen molar-refractivity contribution < 1.29 is 13.9 Å². The molecule has 1 aromatic rings. The number of halogens is 2. The number of para-hydroxylation sites is 1. The zero-order valence-corrected chi connectivity index (χ0v) is 9.20. The number of methoxy groups -OCH3 is 1. The van der Waals surface area contributed by atoms with Gasteiger partial charge in [-0.25, -0.2) is 14.2 Å². The van der Waals surface area contributed by atoms with Crippen LogP contribution in [0.15, 0.2) is 23.2 Å². The Bertz CT molecular complexity index is 351. The average Bonchev–Trinajstić information content (AvgIpc) is 2.15. The van der Waals surface area contributed by atoms with Crippen LogP contribution in [-0.4, -0.2) is 13.2 Å². The molecule has 0 aliphatic rings. The lowest BCUT2D eigenvalue weighted by Gasteiger charge is -2.05. The van der Waals surface area contributed by atoms with Crippen molar-refractivity contribution in [3.63, 3.8) is 0 Å². The summed E-state index contributed by atoms with van der Waals surface area (Å²) in [6, 6.07) is 4.46. The third kappa shape index (κ3) is 2.94. The van der Waals surface area contributed by atoms with Crippen molar-refractivity contribution in [2.75, 3.05) is 7.11 Å². The van der Waals surface area contributed by atoms with Crippen molar-refractivity contribution in [2.45, 2.75) is 6.54 Å². The first-order valence-corrected chi connectivity index (χ1v) is 3.64. The third-order valence-corrected chi connectivity index (χ3v) is 1.57. The minimum absolute atomic E-state index is 0. The Kier molecular flexibility index (Phi) is 5.76. The highest BCUT2D eigenvalue weighted by Crippen LogP contribution is 2.22. The van der Waals surface area contributed by atoms with Gasteiger partial charge in [-0.05, 0) is 6.07 Å². The molecule has 1 aromatic carbocycles. The van der Waals surface area contributed by atoms with Crippen molar-refractivity contribution in [1.29, 1.82) is 0 Å². The molecule has 0 heterocycles. The zero-order valence-electron chi connectivity index (χ0n) is 7.49. The zero-order chi connectivity index (χ0) is 9.68. The molecule has 0 aliphatic heterocycles. The summed E-state index contributed by atoms with van der Waals surface area (Å²) in [4.78, 5) is 13.2. The quantitative estimate of drug-likeness (QED) is 0.619. The van der Waals surface area contributed by atoms with E-state index in [4.69, 9.17) is 4.74 Å². The molecule has 0 amide bonds. The summed E-state index contributed by atoms with van der Waals surface area (Å²) in [7, 11) is 1.37. The monoisotopic (exact) mass is 261 g/mol. The third-order valence-electron chi connectivity index (χ3n) is 1.57. The number of hydrogen-bond donors (Lipinski definition) is 0. The van der Waals surface area contributed by atoms with Crippen LogP contribution in [0.25, 0.3) is 0 Å². The number of isocyanates is 1. The van der Waals surface area contributed by atoms with Gasteiger partial charge in [0.25, 0.3) is 0 Å². The fraction of sp³-hybridized carbons (Fsp3) is 0.222. The predicted octanol–water partition coefficient (Wildman–Crippen LogP) is 2.25. The van der Waals surface area contributed by atoms with Gasteiger partial charge >= 0.3 is 0 Å². The second kappa shape index (κ2) is 6.29. The smallest absolute Gasteiger partial charge is 0.235 e. The van der Waals surface area contributed by atoms with Crippen LogP contribution in [-0.2, 0) is 11.3 Å². The van der Waals surface area contributed by atoms with Crippen LogP contribution in [0.3, 0.4) is 0 Å². The van der Waals surface area contributed by atoms with E-state index < -0.39 is 5.82 Å². The van der Waals surface area contributed by atoms with Crippen molar-refractivity contribution in [1.82, 2.24) is 0 Å². The molecule has 3 nitrogen and oxygen atoms in total. The van der Waals surface area contributed by atoms with Gasteiger partial charge in [-0.15, -0.1) is 17.0 Å². The van der Waals surface area contributed by atoms with Gasteiger partial charge in [-0.1, -0.05) is 12.1 Å². The van der Waals surface area contributed by atoms with Gasteiger partial charge in [0.1, 0.15) is 0 Å². The van der Waals surface area contributed by atoms with E-state index in [0.717, 1.165) is 0 Å². The summed E-state index contributed by atoms with van der Waals surface area (Å²) in [6.45, 7) is 0.0877. The normalized spacial score (nSPS) is 8.43. The SMILES string of the molecule is Br.COc1c(F)cccc1CN=C=O. The van der Waals surface area contributed by atoms with Crippen molar-refractivity contribution >= 4 is 23.1 Å². The number of nitrogens with zero attached hydrogens (tertiary/aromatic N) is 1. The van der Waals surface area contributed by atoms with Crippen LogP contribution in [0.4, 0.5) is 4.39 Å². The number of rotatable bonds is 3. The van der Waals surface area contributed by atoms with E-state index in [9.17, 15) is 9.18 Å². The summed E-state index contributed by atoms with van der Waals surface area (Å²) >= 11 is 0. The molecule has 0 saturated carbocycles. The summed E-state index contributed by atoms with van der Waals surface area (Å²) in [5.74, 6) is -0.331. The maximum atomic E-state index is 13.0. The largest absolute Gasteiger partial charge is 0.493 e. The Morgan fingerprint density at radius 3 is 2.86 bits per heavy atom. The number of ether oxygens (including phenoxy) is 1. The number of carbonyl (C=O) groups excluding carboxylic acids is 1. The van der Waals surface area contributed by atoms with Crippen molar-refractivity contribution in [3.8, 4) is 5.75 Å². The fourth-order valence-corrected chi connectivity index (χ4v) is 1.02. The van der Waals surface area contributed by atoms with Crippen LogP contribution in [0.2, 0.25) is 0 Å². The van der Waals surface area contributed by atoms with Gasteiger partial charge < -0.3 is 4.74 Å². The molecular formula is C9H9BrFNO2. The van der Waals surface area contributed by atoms with Gasteiger partial charge in [0, 0.05) is 5.56 Å². The molecule has 76 valence electrons. The highest BCUT2D eigenvalue weighted by atomic mass is 79.9. The van der Waals surface area contributed by atoms with E-state index in [-0.39, 0.29) is 29.3 Å². The summed E-state index contributed by atoms with van der Waals surface area (Å²) in [5.41, 5.74) is 0.533. The predicted molar refractivity (Wildman–Crippen MR) is 55.1 cm³/mol. The average molecular weight is 262 g/mol. The Morgan fingerprint density at radius 2 is 2.29 bits per heavy atom. The summed E-state index contributed by atoms with van der Waals surface area (Å²) in [6.07, 6.45) is 1.38. The molecule has 0 aliphatic carbocycles. The first-order chi connectivity index (χ1) is 6.29.